The molecule has 3 aromatic rings. The van der Waals surface area contributed by atoms with Gasteiger partial charge in [-0.3, -0.25) is 9.48 Å². The predicted molar refractivity (Wildman–Crippen MR) is 124 cm³/mol. The molecule has 1 fully saturated rings. The van der Waals surface area contributed by atoms with Gasteiger partial charge in [0.1, 0.15) is 0 Å². The van der Waals surface area contributed by atoms with Crippen molar-refractivity contribution in [2.24, 2.45) is 0 Å². The molecule has 172 valence electrons. The molecule has 1 amide bonds. The number of nitrogens with one attached hydrogen (secondary N) is 1. The van der Waals surface area contributed by atoms with E-state index in [1.165, 1.54) is 0 Å². The highest BCUT2D eigenvalue weighted by molar-refractivity contribution is 5.94. The van der Waals surface area contributed by atoms with Crippen LogP contribution in [0.15, 0.2) is 53.6 Å². The molecule has 1 aliphatic heterocycles. The van der Waals surface area contributed by atoms with Crippen molar-refractivity contribution in [1.82, 2.24) is 25.2 Å². The van der Waals surface area contributed by atoms with Gasteiger partial charge < -0.3 is 19.5 Å². The summed E-state index contributed by atoms with van der Waals surface area (Å²) in [4.78, 5) is 15.1. The third-order valence-corrected chi connectivity index (χ3v) is 6.34. The van der Waals surface area contributed by atoms with Crippen molar-refractivity contribution in [3.8, 4) is 11.3 Å². The lowest BCUT2D eigenvalue weighted by Crippen LogP contribution is -2.41. The van der Waals surface area contributed by atoms with Crippen molar-refractivity contribution in [1.29, 1.82) is 0 Å². The molecule has 1 aliphatic carbocycles. The summed E-state index contributed by atoms with van der Waals surface area (Å²) in [5.74, 6) is 0.768. The monoisotopic (exact) mass is 447 g/mol. The number of fused-ring (bicyclic) bond motifs is 1. The molecule has 0 bridgehead atoms. The Kier molecular flexibility index (Phi) is 6.37. The Hall–Kier alpha value is -3.23. The first kappa shape index (κ1) is 21.6. The Labute approximate surface area is 193 Å². The Morgan fingerprint density at radius 2 is 2.06 bits per heavy atom. The third-order valence-electron chi connectivity index (χ3n) is 6.34. The molecule has 8 heteroatoms. The summed E-state index contributed by atoms with van der Waals surface area (Å²) in [6.07, 6.45) is 4.44. The summed E-state index contributed by atoms with van der Waals surface area (Å²) in [5.41, 5.74) is 4.67. The number of carbonyl (C=O) groups is 1. The molecule has 2 aliphatic rings. The van der Waals surface area contributed by atoms with E-state index in [1.807, 2.05) is 52.1 Å². The molecule has 0 saturated carbocycles. The van der Waals surface area contributed by atoms with Crippen molar-refractivity contribution in [3.05, 3.63) is 71.7 Å². The largest absolute Gasteiger partial charge is 0.378 e. The van der Waals surface area contributed by atoms with Crippen LogP contribution in [0, 0.1) is 0 Å². The van der Waals surface area contributed by atoms with Gasteiger partial charge in [0.2, 0.25) is 0 Å². The van der Waals surface area contributed by atoms with Crippen LogP contribution in [0.25, 0.3) is 11.3 Å². The van der Waals surface area contributed by atoms with Gasteiger partial charge in [-0.2, -0.15) is 5.10 Å². The number of aromatic nitrogens is 3. The maximum Gasteiger partial charge on any atom is 0.274 e. The fourth-order valence-electron chi connectivity index (χ4n) is 4.61. The van der Waals surface area contributed by atoms with Crippen molar-refractivity contribution >= 4 is 5.91 Å². The van der Waals surface area contributed by atoms with E-state index in [0.717, 1.165) is 47.5 Å². The lowest BCUT2D eigenvalue weighted by Gasteiger charge is -2.27. The predicted octanol–water partition coefficient (Wildman–Crippen LogP) is 2.84. The molecule has 1 unspecified atom stereocenters. The average molecular weight is 448 g/mol. The van der Waals surface area contributed by atoms with Crippen molar-refractivity contribution < 1.29 is 14.1 Å². The van der Waals surface area contributed by atoms with E-state index in [1.54, 1.807) is 0 Å². The van der Waals surface area contributed by atoms with Crippen LogP contribution in [0.3, 0.4) is 0 Å². The van der Waals surface area contributed by atoms with Crippen molar-refractivity contribution in [3.63, 3.8) is 0 Å². The van der Waals surface area contributed by atoms with E-state index in [0.29, 0.717) is 45.1 Å². The van der Waals surface area contributed by atoms with Crippen molar-refractivity contribution in [2.45, 2.75) is 38.4 Å². The molecule has 33 heavy (non-hydrogen) atoms. The highest BCUT2D eigenvalue weighted by atomic mass is 16.5. The summed E-state index contributed by atoms with van der Waals surface area (Å²) >= 11 is 0. The van der Waals surface area contributed by atoms with Crippen LogP contribution < -0.4 is 5.32 Å². The minimum absolute atomic E-state index is 0.00187. The zero-order chi connectivity index (χ0) is 22.6. The van der Waals surface area contributed by atoms with Crippen LogP contribution in [-0.2, 0) is 30.7 Å². The smallest absolute Gasteiger partial charge is 0.274 e. The number of ether oxygens (including phenoxy) is 1. The zero-order valence-corrected chi connectivity index (χ0v) is 18.7. The second-order valence-electron chi connectivity index (χ2n) is 8.52. The molecule has 8 nitrogen and oxygen atoms in total. The van der Waals surface area contributed by atoms with Crippen LogP contribution in [0.5, 0.6) is 0 Å². The van der Waals surface area contributed by atoms with Crippen LogP contribution in [0.2, 0.25) is 0 Å². The highest BCUT2D eigenvalue weighted by Crippen LogP contribution is 2.27. The van der Waals surface area contributed by atoms with Gasteiger partial charge in [-0.15, -0.1) is 6.58 Å². The first-order valence-corrected chi connectivity index (χ1v) is 11.5. The number of nitrogens with zero attached hydrogens (tertiary/aromatic N) is 4. The van der Waals surface area contributed by atoms with E-state index in [2.05, 4.69) is 17.1 Å². The van der Waals surface area contributed by atoms with Gasteiger partial charge in [-0.1, -0.05) is 41.6 Å². The summed E-state index contributed by atoms with van der Waals surface area (Å²) in [7, 11) is 0. The average Bonchev–Trinajstić information content (AvgIpc) is 3.49. The molecule has 1 N–H and O–H groups in total. The van der Waals surface area contributed by atoms with E-state index in [-0.39, 0.29) is 11.9 Å². The SMILES string of the molecule is C=CCn1nc(C(=O)N2CCOCC2)c2c1CCC(NCc1cc(-c3ccccc3)on1)C2. The van der Waals surface area contributed by atoms with Crippen molar-refractivity contribution in [2.75, 3.05) is 26.3 Å². The Morgan fingerprint density at radius 1 is 1.24 bits per heavy atom. The zero-order valence-electron chi connectivity index (χ0n) is 18.7. The number of morpholine rings is 1. The normalized spacial score (nSPS) is 18.2. The molecular formula is C25H29N5O3. The number of allylic oxidation sites excluding steroid dienone is 1. The number of hydrogen-bond donors (Lipinski definition) is 1. The standard InChI is InChI=1S/C25H29N5O3/c1-2-10-30-22-9-8-19(15-21(22)24(27-30)25(31)29-11-13-32-14-12-29)26-17-20-16-23(33-28-20)18-6-4-3-5-7-18/h2-7,16,19,26H,1,8-15,17H2. The Morgan fingerprint density at radius 3 is 2.85 bits per heavy atom. The molecule has 1 aromatic carbocycles. The van der Waals surface area contributed by atoms with Gasteiger partial charge in [0.25, 0.3) is 5.91 Å². The van der Waals surface area contributed by atoms with E-state index < -0.39 is 0 Å². The lowest BCUT2D eigenvalue weighted by atomic mass is 9.91. The van der Waals surface area contributed by atoms with Gasteiger partial charge >= 0.3 is 0 Å². The van der Waals surface area contributed by atoms with Gasteiger partial charge in [0, 0.05) is 48.6 Å². The molecule has 3 heterocycles. The number of benzene rings is 1. The minimum atomic E-state index is 0.00187. The molecular weight excluding hydrogens is 418 g/mol. The number of carbonyl (C=O) groups excluding carboxylic acids is 1. The highest BCUT2D eigenvalue weighted by Gasteiger charge is 2.31. The molecule has 0 radical (unpaired) electrons. The minimum Gasteiger partial charge on any atom is -0.378 e. The molecule has 0 spiro atoms. The maximum atomic E-state index is 13.2. The van der Waals surface area contributed by atoms with E-state index in [4.69, 9.17) is 14.4 Å². The Bertz CT molecular complexity index is 1110. The maximum absolute atomic E-state index is 13.2. The fraction of sp³-hybridized carbons (Fsp3) is 0.400. The summed E-state index contributed by atoms with van der Waals surface area (Å²) in [5, 5.41) is 12.5. The first-order valence-electron chi connectivity index (χ1n) is 11.5. The second kappa shape index (κ2) is 9.72. The molecule has 2 aromatic heterocycles. The molecule has 1 saturated heterocycles. The van der Waals surface area contributed by atoms with E-state index in [9.17, 15) is 4.79 Å². The fourth-order valence-corrected chi connectivity index (χ4v) is 4.61. The van der Waals surface area contributed by atoms with Crippen LogP contribution in [0.4, 0.5) is 0 Å². The van der Waals surface area contributed by atoms with Gasteiger partial charge in [-0.05, 0) is 19.3 Å². The van der Waals surface area contributed by atoms with Gasteiger partial charge in [0.05, 0.1) is 25.5 Å². The lowest BCUT2D eigenvalue weighted by molar-refractivity contribution is 0.0297. The van der Waals surface area contributed by atoms with E-state index >= 15 is 0 Å². The third kappa shape index (κ3) is 4.62. The quantitative estimate of drug-likeness (QED) is 0.561. The van der Waals surface area contributed by atoms with Crippen LogP contribution >= 0.6 is 0 Å². The molecule has 1 atom stereocenters. The topological polar surface area (TPSA) is 85.4 Å². The second-order valence-corrected chi connectivity index (χ2v) is 8.52. The number of amides is 1. The first-order chi connectivity index (χ1) is 16.2. The summed E-state index contributed by atoms with van der Waals surface area (Å²) in [6.45, 7) is 7.45. The Balaban J connectivity index is 1.29. The summed E-state index contributed by atoms with van der Waals surface area (Å²) in [6, 6.07) is 12.2. The van der Waals surface area contributed by atoms with Crippen LogP contribution in [0.1, 0.15) is 33.9 Å². The van der Waals surface area contributed by atoms with Crippen LogP contribution in [-0.4, -0.2) is 58.1 Å². The summed E-state index contributed by atoms with van der Waals surface area (Å²) < 4.78 is 12.9. The van der Waals surface area contributed by atoms with Gasteiger partial charge in [-0.25, -0.2) is 0 Å². The number of hydrogen-bond acceptors (Lipinski definition) is 6. The number of rotatable bonds is 7. The van der Waals surface area contributed by atoms with Gasteiger partial charge in [0.15, 0.2) is 11.5 Å². The molecule has 5 rings (SSSR count).